The molecule has 0 radical (unpaired) electrons. The maximum atomic E-state index is 16.5. The van der Waals surface area contributed by atoms with E-state index in [1.54, 1.807) is 17.1 Å². The second kappa shape index (κ2) is 10.6. The standard InChI is InChI=1S/C35H36FN7O2/c1-7-27(44)41-16-22-9-10-23-33(42(22)15-21(41)6)24-14-25(36)30(28-19(4)8-11-26-31(28)39-17-38-26)40-34(24)43(35(23)45)32-20(5)12-13-37-29(32)18(2)3/h7-8,11-14,17-18,21-22H,1,9-10,15-16H2,2-6H3,(H,38,39). The van der Waals surface area contributed by atoms with E-state index < -0.39 is 5.82 Å². The van der Waals surface area contributed by atoms with Gasteiger partial charge in [-0.1, -0.05) is 26.5 Å². The van der Waals surface area contributed by atoms with Gasteiger partial charge < -0.3 is 14.8 Å². The van der Waals surface area contributed by atoms with Gasteiger partial charge in [0.2, 0.25) is 5.91 Å². The number of pyridine rings is 3. The van der Waals surface area contributed by atoms with E-state index in [4.69, 9.17) is 9.97 Å². The van der Waals surface area contributed by atoms with E-state index in [0.29, 0.717) is 65.0 Å². The van der Waals surface area contributed by atoms with Crippen molar-refractivity contribution in [2.24, 2.45) is 0 Å². The Morgan fingerprint density at radius 2 is 1.93 bits per heavy atom. The Hall–Kier alpha value is -4.86. The van der Waals surface area contributed by atoms with E-state index in [2.05, 4.69) is 21.4 Å². The fourth-order valence-corrected chi connectivity index (χ4v) is 7.24. The van der Waals surface area contributed by atoms with E-state index in [9.17, 15) is 9.59 Å². The van der Waals surface area contributed by atoms with Crippen molar-refractivity contribution in [2.45, 2.75) is 65.5 Å². The Morgan fingerprint density at radius 1 is 1.13 bits per heavy atom. The molecule has 5 aromatic rings. The van der Waals surface area contributed by atoms with Gasteiger partial charge in [-0.15, -0.1) is 0 Å². The van der Waals surface area contributed by atoms with Gasteiger partial charge in [0.05, 0.1) is 34.4 Å². The number of amides is 1. The van der Waals surface area contributed by atoms with Crippen LogP contribution in [0.25, 0.3) is 39.0 Å². The first-order chi connectivity index (χ1) is 21.6. The Morgan fingerprint density at radius 3 is 2.69 bits per heavy atom. The lowest BCUT2D eigenvalue weighted by molar-refractivity contribution is -0.129. The number of anilines is 1. The highest BCUT2D eigenvalue weighted by molar-refractivity contribution is 5.98. The molecule has 2 aliphatic heterocycles. The summed E-state index contributed by atoms with van der Waals surface area (Å²) >= 11 is 0. The predicted molar refractivity (Wildman–Crippen MR) is 175 cm³/mol. The molecule has 45 heavy (non-hydrogen) atoms. The minimum absolute atomic E-state index is 0.0230. The number of hydrogen-bond acceptors (Lipinski definition) is 6. The zero-order valence-corrected chi connectivity index (χ0v) is 26.2. The highest BCUT2D eigenvalue weighted by Crippen LogP contribution is 2.41. The molecule has 1 fully saturated rings. The average molecular weight is 606 g/mol. The molecule has 0 saturated carbocycles. The monoisotopic (exact) mass is 605 g/mol. The minimum Gasteiger partial charge on any atom is -0.364 e. The molecule has 230 valence electrons. The van der Waals surface area contributed by atoms with Crippen LogP contribution in [0, 0.1) is 19.7 Å². The zero-order chi connectivity index (χ0) is 31.7. The van der Waals surface area contributed by atoms with Gasteiger partial charge in [-0.3, -0.25) is 19.1 Å². The summed E-state index contributed by atoms with van der Waals surface area (Å²) in [6.45, 7) is 14.7. The fourth-order valence-electron chi connectivity index (χ4n) is 7.24. The second-order valence-electron chi connectivity index (χ2n) is 12.6. The molecule has 1 aromatic carbocycles. The lowest BCUT2D eigenvalue weighted by Crippen LogP contribution is -2.60. The number of fused-ring (bicyclic) bond motifs is 6. The van der Waals surface area contributed by atoms with Crippen molar-refractivity contribution in [3.8, 4) is 16.9 Å². The number of nitrogens with zero attached hydrogens (tertiary/aromatic N) is 6. The summed E-state index contributed by atoms with van der Waals surface area (Å²) in [6.07, 6.45) is 5.89. The van der Waals surface area contributed by atoms with Gasteiger partial charge in [0.1, 0.15) is 17.2 Å². The third-order valence-electron chi connectivity index (χ3n) is 9.45. The van der Waals surface area contributed by atoms with Crippen LogP contribution in [0.5, 0.6) is 0 Å². The number of aromatic nitrogens is 5. The number of imidazole rings is 1. The first-order valence-electron chi connectivity index (χ1n) is 15.5. The van der Waals surface area contributed by atoms with E-state index in [-0.39, 0.29) is 35.2 Å². The summed E-state index contributed by atoms with van der Waals surface area (Å²) in [4.78, 5) is 48.8. The van der Waals surface area contributed by atoms with Crippen molar-refractivity contribution in [3.05, 3.63) is 88.0 Å². The summed E-state index contributed by atoms with van der Waals surface area (Å²) in [5.74, 6) is -0.573. The number of halogens is 1. The molecule has 1 amide bonds. The average Bonchev–Trinajstić information content (AvgIpc) is 3.50. The summed E-state index contributed by atoms with van der Waals surface area (Å²) in [7, 11) is 0. The quantitative estimate of drug-likeness (QED) is 0.262. The van der Waals surface area contributed by atoms with Crippen LogP contribution in [0.3, 0.4) is 0 Å². The Bertz CT molecular complexity index is 2100. The number of aromatic amines is 1. The van der Waals surface area contributed by atoms with Crippen molar-refractivity contribution in [1.82, 2.24) is 29.4 Å². The molecule has 9 nitrogen and oxygen atoms in total. The number of benzene rings is 1. The lowest BCUT2D eigenvalue weighted by atomic mass is 9.91. The van der Waals surface area contributed by atoms with Crippen LogP contribution in [-0.4, -0.2) is 60.5 Å². The van der Waals surface area contributed by atoms with Gasteiger partial charge in [0, 0.05) is 47.9 Å². The van der Waals surface area contributed by atoms with Crippen molar-refractivity contribution in [2.75, 3.05) is 18.0 Å². The lowest BCUT2D eigenvalue weighted by Gasteiger charge is -2.49. The molecular formula is C35H36FN7O2. The van der Waals surface area contributed by atoms with Gasteiger partial charge in [0.15, 0.2) is 0 Å². The maximum Gasteiger partial charge on any atom is 0.262 e. The van der Waals surface area contributed by atoms with Crippen molar-refractivity contribution in [1.29, 1.82) is 0 Å². The van der Waals surface area contributed by atoms with Gasteiger partial charge in [-0.25, -0.2) is 14.4 Å². The molecule has 6 heterocycles. The summed E-state index contributed by atoms with van der Waals surface area (Å²) < 4.78 is 18.2. The number of aryl methyl sites for hydroxylation is 2. The highest BCUT2D eigenvalue weighted by atomic mass is 19.1. The van der Waals surface area contributed by atoms with E-state index in [1.165, 1.54) is 12.1 Å². The van der Waals surface area contributed by atoms with Gasteiger partial charge >= 0.3 is 0 Å². The molecule has 4 aromatic heterocycles. The molecule has 0 aliphatic carbocycles. The Balaban J connectivity index is 1.57. The van der Waals surface area contributed by atoms with Gasteiger partial charge in [-0.2, -0.15) is 0 Å². The Kier molecular flexibility index (Phi) is 6.83. The van der Waals surface area contributed by atoms with Crippen LogP contribution in [0.1, 0.15) is 55.5 Å². The highest BCUT2D eigenvalue weighted by Gasteiger charge is 2.39. The number of H-pyrrole nitrogens is 1. The number of piperazine rings is 1. The molecule has 7 rings (SSSR count). The summed E-state index contributed by atoms with van der Waals surface area (Å²) in [5, 5.41) is 0.566. The van der Waals surface area contributed by atoms with Crippen molar-refractivity contribution in [3.63, 3.8) is 0 Å². The molecule has 2 atom stereocenters. The molecule has 0 spiro atoms. The van der Waals surface area contributed by atoms with Crippen LogP contribution < -0.4 is 10.5 Å². The predicted octanol–water partition coefficient (Wildman–Crippen LogP) is 5.74. The second-order valence-corrected chi connectivity index (χ2v) is 12.6. The third-order valence-corrected chi connectivity index (χ3v) is 9.45. The number of hydrogen-bond donors (Lipinski definition) is 1. The molecular weight excluding hydrogens is 569 g/mol. The Labute approximate surface area is 260 Å². The summed E-state index contributed by atoms with van der Waals surface area (Å²) in [6, 6.07) is 7.11. The van der Waals surface area contributed by atoms with E-state index in [1.807, 2.05) is 57.7 Å². The van der Waals surface area contributed by atoms with Crippen LogP contribution in [-0.2, 0) is 11.2 Å². The number of carbonyl (C=O) groups excluding carboxylic acids is 1. The zero-order valence-electron chi connectivity index (χ0n) is 26.2. The number of rotatable bonds is 4. The molecule has 0 bridgehead atoms. The van der Waals surface area contributed by atoms with E-state index >= 15 is 4.39 Å². The molecule has 10 heteroatoms. The molecule has 1 saturated heterocycles. The molecule has 2 unspecified atom stereocenters. The van der Waals surface area contributed by atoms with Crippen LogP contribution in [0.4, 0.5) is 10.1 Å². The SMILES string of the molecule is C=CC(=O)N1CC2CCc3c(c4cc(F)c(-c5c(C)ccc6[nH]cnc56)nc4n(-c4c(C)ccnc4C(C)C)c3=O)N2CC1C. The van der Waals surface area contributed by atoms with Crippen molar-refractivity contribution < 1.29 is 9.18 Å². The largest absolute Gasteiger partial charge is 0.364 e. The normalized spacial score (nSPS) is 18.0. The maximum absolute atomic E-state index is 16.5. The molecule has 1 N–H and O–H groups in total. The topological polar surface area (TPSA) is 100 Å². The van der Waals surface area contributed by atoms with Crippen LogP contribution in [0.2, 0.25) is 0 Å². The summed E-state index contributed by atoms with van der Waals surface area (Å²) in [5.41, 5.74) is 6.81. The first kappa shape index (κ1) is 28.9. The van der Waals surface area contributed by atoms with Crippen molar-refractivity contribution >= 4 is 33.7 Å². The number of nitrogens with one attached hydrogen (secondary N) is 1. The fraction of sp³-hybridized carbons (Fsp3) is 0.343. The van der Waals surface area contributed by atoms with Crippen LogP contribution >= 0.6 is 0 Å². The minimum atomic E-state index is -0.490. The number of carbonyl (C=O) groups is 1. The molecule has 2 aliphatic rings. The van der Waals surface area contributed by atoms with E-state index in [0.717, 1.165) is 22.3 Å². The third kappa shape index (κ3) is 4.37. The van der Waals surface area contributed by atoms with Crippen LogP contribution in [0.15, 0.2) is 54.2 Å². The van der Waals surface area contributed by atoms with Gasteiger partial charge in [0.25, 0.3) is 5.56 Å². The smallest absolute Gasteiger partial charge is 0.262 e. The van der Waals surface area contributed by atoms with Gasteiger partial charge in [-0.05, 0) is 74.9 Å². The first-order valence-corrected chi connectivity index (χ1v) is 15.5.